The van der Waals surface area contributed by atoms with Gasteiger partial charge >= 0.3 is 0 Å². The Morgan fingerprint density at radius 3 is 2.57 bits per heavy atom. The molecule has 0 spiro atoms. The minimum absolute atomic E-state index is 0.246. The molecule has 0 bridgehead atoms. The molecule has 0 unspecified atom stereocenters. The lowest BCUT2D eigenvalue weighted by molar-refractivity contribution is -0.116. The maximum absolute atomic E-state index is 12.0. The summed E-state index contributed by atoms with van der Waals surface area (Å²) in [6.07, 6.45) is 18.5. The van der Waals surface area contributed by atoms with E-state index in [4.69, 9.17) is 0 Å². The van der Waals surface area contributed by atoms with Crippen LogP contribution in [0.4, 0.5) is 0 Å². The predicted molar refractivity (Wildman–Crippen MR) is 118 cm³/mol. The van der Waals surface area contributed by atoms with Crippen LogP contribution < -0.4 is 0 Å². The summed E-state index contributed by atoms with van der Waals surface area (Å²) < 4.78 is 0. The molecule has 0 amide bonds. The Bertz CT molecular complexity index is 670. The Kier molecular flexibility index (Phi) is 5.43. The van der Waals surface area contributed by atoms with E-state index in [2.05, 4.69) is 46.8 Å². The van der Waals surface area contributed by atoms with Crippen LogP contribution in [-0.2, 0) is 4.79 Å². The summed E-state index contributed by atoms with van der Waals surface area (Å²) in [5.41, 5.74) is 2.12. The van der Waals surface area contributed by atoms with E-state index in [-0.39, 0.29) is 5.41 Å². The van der Waals surface area contributed by atoms with Gasteiger partial charge in [-0.3, -0.25) is 4.79 Å². The first-order chi connectivity index (χ1) is 13.3. The summed E-state index contributed by atoms with van der Waals surface area (Å²) >= 11 is 0. The zero-order valence-corrected chi connectivity index (χ0v) is 19.0. The molecule has 0 heterocycles. The van der Waals surface area contributed by atoms with Crippen molar-refractivity contribution in [2.75, 3.05) is 0 Å². The largest absolute Gasteiger partial charge is 0.295 e. The summed E-state index contributed by atoms with van der Waals surface area (Å²) in [4.78, 5) is 12.0. The molecule has 0 saturated heterocycles. The Morgan fingerprint density at radius 1 is 1.04 bits per heavy atom. The monoisotopic (exact) mass is 382 g/mol. The molecule has 4 aliphatic rings. The summed E-state index contributed by atoms with van der Waals surface area (Å²) in [6, 6.07) is 0. The quantitative estimate of drug-likeness (QED) is 0.485. The smallest absolute Gasteiger partial charge is 0.156 e. The molecule has 0 aromatic heterocycles. The Balaban J connectivity index is 1.53. The van der Waals surface area contributed by atoms with Crippen LogP contribution in [-0.4, -0.2) is 5.78 Å². The van der Waals surface area contributed by atoms with Crippen LogP contribution in [0.3, 0.4) is 0 Å². The second-order valence-corrected chi connectivity index (χ2v) is 11.7. The number of rotatable bonds is 5. The molecular weight excluding hydrogens is 340 g/mol. The molecule has 7 atom stereocenters. The van der Waals surface area contributed by atoms with Crippen LogP contribution >= 0.6 is 0 Å². The lowest BCUT2D eigenvalue weighted by atomic mass is 9.48. The average molecular weight is 383 g/mol. The van der Waals surface area contributed by atoms with E-state index in [1.54, 1.807) is 0 Å². The topological polar surface area (TPSA) is 17.1 Å². The SMILES string of the molecule is CC(C)CCC[C@H](C)[C@@H]1CC[C@@H]2[C@H]3C=CC4=CC(=O)CC[C@]4(C)[C@@H]3CC[C@@]21C. The van der Waals surface area contributed by atoms with E-state index in [9.17, 15) is 4.79 Å². The second kappa shape index (κ2) is 7.44. The van der Waals surface area contributed by atoms with Crippen molar-refractivity contribution in [2.24, 2.45) is 46.3 Å². The summed E-state index contributed by atoms with van der Waals surface area (Å²) in [5.74, 6) is 5.32. The van der Waals surface area contributed by atoms with Crippen molar-refractivity contribution in [3.63, 3.8) is 0 Å². The summed E-state index contributed by atoms with van der Waals surface area (Å²) in [7, 11) is 0. The van der Waals surface area contributed by atoms with Gasteiger partial charge in [0.1, 0.15) is 0 Å². The van der Waals surface area contributed by atoms with Crippen molar-refractivity contribution in [3.05, 3.63) is 23.8 Å². The van der Waals surface area contributed by atoms with Gasteiger partial charge in [0, 0.05) is 6.42 Å². The molecule has 0 aromatic rings. The van der Waals surface area contributed by atoms with Crippen molar-refractivity contribution < 1.29 is 4.79 Å². The fourth-order valence-corrected chi connectivity index (χ4v) is 8.02. The minimum Gasteiger partial charge on any atom is -0.295 e. The van der Waals surface area contributed by atoms with Gasteiger partial charge in [-0.05, 0) is 90.1 Å². The average Bonchev–Trinajstić information content (AvgIpc) is 2.99. The van der Waals surface area contributed by atoms with Crippen molar-refractivity contribution in [1.82, 2.24) is 0 Å². The van der Waals surface area contributed by atoms with Crippen molar-refractivity contribution in [1.29, 1.82) is 0 Å². The molecule has 156 valence electrons. The van der Waals surface area contributed by atoms with E-state index < -0.39 is 0 Å². The third-order valence-electron chi connectivity index (χ3n) is 9.72. The highest BCUT2D eigenvalue weighted by molar-refractivity contribution is 5.92. The lowest BCUT2D eigenvalue weighted by Crippen LogP contribution is -2.49. The number of allylic oxidation sites excluding steroid dienone is 4. The first kappa shape index (κ1) is 20.4. The molecule has 1 nitrogen and oxygen atoms in total. The van der Waals surface area contributed by atoms with Crippen LogP contribution in [0.15, 0.2) is 23.8 Å². The van der Waals surface area contributed by atoms with E-state index in [0.29, 0.717) is 11.2 Å². The van der Waals surface area contributed by atoms with Crippen LogP contribution in [0.1, 0.15) is 92.4 Å². The van der Waals surface area contributed by atoms with Crippen molar-refractivity contribution >= 4 is 5.78 Å². The second-order valence-electron chi connectivity index (χ2n) is 11.7. The van der Waals surface area contributed by atoms with Gasteiger partial charge in [0.05, 0.1) is 0 Å². The van der Waals surface area contributed by atoms with Gasteiger partial charge in [-0.25, -0.2) is 0 Å². The molecule has 1 heteroatoms. The van der Waals surface area contributed by atoms with Crippen molar-refractivity contribution in [3.8, 4) is 0 Å². The molecule has 0 aliphatic heterocycles. The van der Waals surface area contributed by atoms with Crippen LogP contribution in [0.2, 0.25) is 0 Å². The van der Waals surface area contributed by atoms with Gasteiger partial charge < -0.3 is 0 Å². The first-order valence-corrected chi connectivity index (χ1v) is 12.2. The molecular formula is C27H42O. The fraction of sp³-hybridized carbons (Fsp3) is 0.815. The zero-order chi connectivity index (χ0) is 20.1. The third kappa shape index (κ3) is 3.25. The van der Waals surface area contributed by atoms with Crippen molar-refractivity contribution in [2.45, 2.75) is 92.4 Å². The van der Waals surface area contributed by atoms with Gasteiger partial charge in [-0.15, -0.1) is 0 Å². The lowest BCUT2D eigenvalue weighted by Gasteiger charge is -2.56. The molecule has 0 radical (unpaired) electrons. The van der Waals surface area contributed by atoms with Gasteiger partial charge in [-0.1, -0.05) is 66.0 Å². The summed E-state index contributed by atoms with van der Waals surface area (Å²) in [5, 5.41) is 0. The summed E-state index contributed by atoms with van der Waals surface area (Å²) in [6.45, 7) is 12.4. The number of fused-ring (bicyclic) bond motifs is 5. The highest BCUT2D eigenvalue weighted by atomic mass is 16.1. The van der Waals surface area contributed by atoms with Gasteiger partial charge in [-0.2, -0.15) is 0 Å². The number of carbonyl (C=O) groups is 1. The number of hydrogen-bond donors (Lipinski definition) is 0. The molecule has 4 aliphatic carbocycles. The zero-order valence-electron chi connectivity index (χ0n) is 19.0. The highest BCUT2D eigenvalue weighted by Gasteiger charge is 2.58. The van der Waals surface area contributed by atoms with Crippen LogP contribution in [0, 0.1) is 46.3 Å². The van der Waals surface area contributed by atoms with Crippen LogP contribution in [0.25, 0.3) is 0 Å². The molecule has 0 N–H and O–H groups in total. The van der Waals surface area contributed by atoms with E-state index in [0.717, 1.165) is 48.3 Å². The molecule has 28 heavy (non-hydrogen) atoms. The van der Waals surface area contributed by atoms with Gasteiger partial charge in [0.25, 0.3) is 0 Å². The van der Waals surface area contributed by atoms with Gasteiger partial charge in [0.15, 0.2) is 5.78 Å². The Labute approximate surface area is 173 Å². The Hall–Kier alpha value is -0.850. The minimum atomic E-state index is 0.246. The van der Waals surface area contributed by atoms with E-state index in [1.807, 2.05) is 6.08 Å². The molecule has 2 saturated carbocycles. The first-order valence-electron chi connectivity index (χ1n) is 12.2. The number of hydrogen-bond acceptors (Lipinski definition) is 1. The van der Waals surface area contributed by atoms with Gasteiger partial charge in [0.2, 0.25) is 0 Å². The standard InChI is InChI=1S/C27H42O/c1-18(2)7-6-8-19(3)23-11-12-24-22-10-9-20-17-21(28)13-15-26(20,4)25(22)14-16-27(23,24)5/h9-10,17-19,22-25H,6-8,11-16H2,1-5H3/t19-,22+,23-,24+,25+,26-,27+/m0/s1. The molecule has 2 fully saturated rings. The maximum atomic E-state index is 12.0. The fourth-order valence-electron chi connectivity index (χ4n) is 8.02. The third-order valence-corrected chi connectivity index (χ3v) is 9.72. The van der Waals surface area contributed by atoms with E-state index >= 15 is 0 Å². The van der Waals surface area contributed by atoms with Crippen LogP contribution in [0.5, 0.6) is 0 Å². The number of carbonyl (C=O) groups excluding carboxylic acids is 1. The maximum Gasteiger partial charge on any atom is 0.156 e. The predicted octanol–water partition coefficient (Wildman–Crippen LogP) is 7.37. The normalized spacial score (nSPS) is 43.4. The highest BCUT2D eigenvalue weighted by Crippen LogP contribution is 2.66. The number of ketones is 1. The molecule has 0 aromatic carbocycles. The Morgan fingerprint density at radius 2 is 1.82 bits per heavy atom. The van der Waals surface area contributed by atoms with E-state index in [1.165, 1.54) is 50.5 Å². The molecule has 4 rings (SSSR count).